The SMILES string of the molecule is OCc1c(CCl)cc(OC(F)(F)F)nc1C(F)(F)F. The third-order valence-electron chi connectivity index (χ3n) is 1.98. The number of hydrogen-bond acceptors (Lipinski definition) is 3. The van der Waals surface area contributed by atoms with Gasteiger partial charge in [-0.25, -0.2) is 4.98 Å². The van der Waals surface area contributed by atoms with Crippen LogP contribution in [0.3, 0.4) is 0 Å². The number of halogens is 7. The Hall–Kier alpha value is -1.22. The summed E-state index contributed by atoms with van der Waals surface area (Å²) in [6.45, 7) is -1.06. The van der Waals surface area contributed by atoms with Crippen LogP contribution >= 0.6 is 11.6 Å². The first-order valence-electron chi connectivity index (χ1n) is 4.61. The Morgan fingerprint density at radius 3 is 2.16 bits per heavy atom. The van der Waals surface area contributed by atoms with E-state index in [1.807, 2.05) is 0 Å². The van der Waals surface area contributed by atoms with Crippen molar-refractivity contribution in [3.05, 3.63) is 22.9 Å². The molecule has 0 spiro atoms. The fourth-order valence-electron chi connectivity index (χ4n) is 1.30. The normalized spacial score (nSPS) is 12.6. The molecular weight excluding hydrogens is 304 g/mol. The van der Waals surface area contributed by atoms with Crippen molar-refractivity contribution >= 4 is 11.6 Å². The summed E-state index contributed by atoms with van der Waals surface area (Å²) >= 11 is 5.33. The Labute approximate surface area is 107 Å². The summed E-state index contributed by atoms with van der Waals surface area (Å²) in [5.41, 5.74) is -2.69. The largest absolute Gasteiger partial charge is 0.574 e. The zero-order chi connectivity index (χ0) is 14.8. The first-order valence-corrected chi connectivity index (χ1v) is 5.14. The summed E-state index contributed by atoms with van der Waals surface area (Å²) in [4.78, 5) is 2.72. The zero-order valence-corrected chi connectivity index (χ0v) is 9.70. The maximum Gasteiger partial charge on any atom is 0.574 e. The molecule has 1 rings (SSSR count). The van der Waals surface area contributed by atoms with Crippen LogP contribution in [0, 0.1) is 0 Å². The average Bonchev–Trinajstić information content (AvgIpc) is 2.24. The van der Waals surface area contributed by atoms with Gasteiger partial charge in [-0.3, -0.25) is 0 Å². The highest BCUT2D eigenvalue weighted by atomic mass is 35.5. The van der Waals surface area contributed by atoms with Crippen molar-refractivity contribution in [2.75, 3.05) is 0 Å². The van der Waals surface area contributed by atoms with E-state index < -0.39 is 42.2 Å². The topological polar surface area (TPSA) is 42.4 Å². The third-order valence-corrected chi connectivity index (χ3v) is 2.27. The predicted molar refractivity (Wildman–Crippen MR) is 51.4 cm³/mol. The molecule has 19 heavy (non-hydrogen) atoms. The molecule has 3 nitrogen and oxygen atoms in total. The first kappa shape index (κ1) is 15.8. The second kappa shape index (κ2) is 5.41. The Balaban J connectivity index is 3.39. The maximum atomic E-state index is 12.6. The fraction of sp³-hybridized carbons (Fsp3) is 0.444. The molecule has 0 atom stereocenters. The van der Waals surface area contributed by atoms with Gasteiger partial charge in [0.25, 0.3) is 0 Å². The number of ether oxygens (including phenoxy) is 1. The van der Waals surface area contributed by atoms with Crippen molar-refractivity contribution in [1.82, 2.24) is 4.98 Å². The van der Waals surface area contributed by atoms with Gasteiger partial charge in [-0.05, 0) is 5.56 Å². The van der Waals surface area contributed by atoms with Crippen LogP contribution in [0.5, 0.6) is 5.88 Å². The molecule has 108 valence electrons. The number of aromatic nitrogens is 1. The predicted octanol–water partition coefficient (Wildman–Crippen LogP) is 3.23. The number of hydrogen-bond donors (Lipinski definition) is 1. The van der Waals surface area contributed by atoms with E-state index in [2.05, 4.69) is 9.72 Å². The standard InChI is InChI=1S/C9H6ClF6NO2/c10-2-4-1-6(19-9(14,15)16)17-7(5(4)3-18)8(11,12)13/h1,18H,2-3H2. The van der Waals surface area contributed by atoms with Crippen LogP contribution in [0.4, 0.5) is 26.3 Å². The molecule has 0 aromatic carbocycles. The number of aliphatic hydroxyl groups excluding tert-OH is 1. The summed E-state index contributed by atoms with van der Waals surface area (Å²) < 4.78 is 77.0. The molecule has 0 saturated carbocycles. The molecule has 1 aromatic heterocycles. The second-order valence-corrected chi connectivity index (χ2v) is 3.55. The van der Waals surface area contributed by atoms with E-state index in [9.17, 15) is 26.3 Å². The highest BCUT2D eigenvalue weighted by Gasteiger charge is 2.39. The van der Waals surface area contributed by atoms with Crippen molar-refractivity contribution in [2.45, 2.75) is 25.0 Å². The van der Waals surface area contributed by atoms with Crippen LogP contribution in [-0.2, 0) is 18.7 Å². The fourth-order valence-corrected chi connectivity index (χ4v) is 1.54. The summed E-state index contributed by atoms with van der Waals surface area (Å²) in [6.07, 6.45) is -10.2. The smallest absolute Gasteiger partial charge is 0.392 e. The zero-order valence-electron chi connectivity index (χ0n) is 8.94. The lowest BCUT2D eigenvalue weighted by Crippen LogP contribution is -2.21. The third kappa shape index (κ3) is 4.13. The highest BCUT2D eigenvalue weighted by molar-refractivity contribution is 6.17. The molecular formula is C9H6ClF6NO2. The minimum Gasteiger partial charge on any atom is -0.392 e. The van der Waals surface area contributed by atoms with Crippen molar-refractivity contribution in [3.8, 4) is 5.88 Å². The summed E-state index contributed by atoms with van der Waals surface area (Å²) in [6, 6.07) is 0.598. The molecule has 1 N–H and O–H groups in total. The second-order valence-electron chi connectivity index (χ2n) is 3.28. The Morgan fingerprint density at radius 2 is 1.79 bits per heavy atom. The molecule has 1 heterocycles. The van der Waals surface area contributed by atoms with Gasteiger partial charge in [-0.2, -0.15) is 13.2 Å². The van der Waals surface area contributed by atoms with Gasteiger partial charge in [-0.1, -0.05) is 0 Å². The van der Waals surface area contributed by atoms with Gasteiger partial charge in [0, 0.05) is 17.5 Å². The van der Waals surface area contributed by atoms with Crippen LogP contribution in [0.25, 0.3) is 0 Å². The van der Waals surface area contributed by atoms with Gasteiger partial charge in [0.2, 0.25) is 5.88 Å². The molecule has 0 bridgehead atoms. The van der Waals surface area contributed by atoms with Crippen LogP contribution in [0.1, 0.15) is 16.8 Å². The lowest BCUT2D eigenvalue weighted by molar-refractivity contribution is -0.276. The molecule has 0 aliphatic heterocycles. The van der Waals surface area contributed by atoms with E-state index >= 15 is 0 Å². The first-order chi connectivity index (χ1) is 8.58. The molecule has 0 unspecified atom stereocenters. The van der Waals surface area contributed by atoms with E-state index in [1.54, 1.807) is 0 Å². The van der Waals surface area contributed by atoms with Crippen molar-refractivity contribution in [3.63, 3.8) is 0 Å². The quantitative estimate of drug-likeness (QED) is 0.688. The monoisotopic (exact) mass is 309 g/mol. The molecule has 1 aromatic rings. The molecule has 0 fully saturated rings. The molecule has 0 saturated heterocycles. The van der Waals surface area contributed by atoms with Crippen molar-refractivity contribution in [1.29, 1.82) is 0 Å². The van der Waals surface area contributed by atoms with E-state index in [-0.39, 0.29) is 5.56 Å². The number of pyridine rings is 1. The number of aliphatic hydroxyl groups is 1. The van der Waals surface area contributed by atoms with E-state index in [0.717, 1.165) is 0 Å². The molecule has 0 radical (unpaired) electrons. The average molecular weight is 310 g/mol. The van der Waals surface area contributed by atoms with Gasteiger partial charge in [0.05, 0.1) is 6.61 Å². The number of nitrogens with zero attached hydrogens (tertiary/aromatic N) is 1. The lowest BCUT2D eigenvalue weighted by Gasteiger charge is -2.16. The molecule has 0 amide bonds. The van der Waals surface area contributed by atoms with Crippen molar-refractivity contribution in [2.24, 2.45) is 0 Å². The van der Waals surface area contributed by atoms with Crippen molar-refractivity contribution < 1.29 is 36.2 Å². The van der Waals surface area contributed by atoms with Gasteiger partial charge in [-0.15, -0.1) is 24.8 Å². The van der Waals surface area contributed by atoms with E-state index in [0.29, 0.717) is 6.07 Å². The Morgan fingerprint density at radius 1 is 1.21 bits per heavy atom. The van der Waals surface area contributed by atoms with Crippen LogP contribution in [0.15, 0.2) is 6.07 Å². The number of alkyl halides is 7. The van der Waals surface area contributed by atoms with Gasteiger partial charge in [0.15, 0.2) is 5.69 Å². The molecule has 0 aliphatic carbocycles. The minimum atomic E-state index is -5.18. The van der Waals surface area contributed by atoms with E-state index in [1.165, 1.54) is 0 Å². The maximum absolute atomic E-state index is 12.6. The lowest BCUT2D eigenvalue weighted by atomic mass is 10.1. The van der Waals surface area contributed by atoms with Crippen LogP contribution in [-0.4, -0.2) is 16.5 Å². The highest BCUT2D eigenvalue weighted by Crippen LogP contribution is 2.35. The van der Waals surface area contributed by atoms with Gasteiger partial charge < -0.3 is 9.84 Å². The number of rotatable bonds is 3. The summed E-state index contributed by atoms with van der Waals surface area (Å²) in [5.74, 6) is -1.82. The van der Waals surface area contributed by atoms with Crippen LogP contribution < -0.4 is 4.74 Å². The van der Waals surface area contributed by atoms with E-state index in [4.69, 9.17) is 16.7 Å². The molecule has 10 heteroatoms. The van der Waals surface area contributed by atoms with Gasteiger partial charge in [0.1, 0.15) is 0 Å². The Kier molecular flexibility index (Phi) is 4.51. The summed E-state index contributed by atoms with van der Waals surface area (Å²) in [7, 11) is 0. The Bertz CT molecular complexity index is 459. The summed E-state index contributed by atoms with van der Waals surface area (Å²) in [5, 5.41) is 8.86. The minimum absolute atomic E-state index is 0.342. The van der Waals surface area contributed by atoms with Gasteiger partial charge >= 0.3 is 12.5 Å². The molecule has 0 aliphatic rings. The van der Waals surface area contributed by atoms with Crippen LogP contribution in [0.2, 0.25) is 0 Å².